The van der Waals surface area contributed by atoms with Gasteiger partial charge in [-0.05, 0) is 23.9 Å². The maximum atomic E-state index is 12.0. The molecule has 1 heterocycles. The molecule has 3 nitrogen and oxygen atoms in total. The van der Waals surface area contributed by atoms with Crippen LogP contribution in [-0.2, 0) is 0 Å². The molecule has 0 saturated carbocycles. The summed E-state index contributed by atoms with van der Waals surface area (Å²) >= 11 is -0.0491. The molecule has 0 aliphatic rings. The Labute approximate surface area is 118 Å². The zero-order valence-corrected chi connectivity index (χ0v) is 11.5. The first-order valence-corrected chi connectivity index (χ1v) is 6.86. The summed E-state index contributed by atoms with van der Waals surface area (Å²) in [6, 6.07) is 7.30. The van der Waals surface area contributed by atoms with Crippen LogP contribution in [0.3, 0.4) is 0 Å². The molecular formula is C13H13F3N2OS. The summed E-state index contributed by atoms with van der Waals surface area (Å²) in [5.74, 6) is 1.20. The molecule has 1 N–H and O–H groups in total. The maximum absolute atomic E-state index is 12.0. The molecule has 2 aromatic rings. The number of fused-ring (bicyclic) bond motifs is 1. The molecule has 0 amide bonds. The van der Waals surface area contributed by atoms with Crippen LogP contribution < -0.4 is 10.1 Å². The van der Waals surface area contributed by atoms with E-state index in [2.05, 4.69) is 10.3 Å². The predicted octanol–water partition coefficient (Wildman–Crippen LogP) is 3.91. The highest BCUT2D eigenvalue weighted by Crippen LogP contribution is 2.31. The summed E-state index contributed by atoms with van der Waals surface area (Å²) < 4.78 is 41.4. The highest BCUT2D eigenvalue weighted by molar-refractivity contribution is 8.00. The van der Waals surface area contributed by atoms with E-state index in [4.69, 9.17) is 4.74 Å². The van der Waals surface area contributed by atoms with Gasteiger partial charge in [0, 0.05) is 29.3 Å². The number of benzene rings is 1. The van der Waals surface area contributed by atoms with Crippen LogP contribution in [0.5, 0.6) is 5.75 Å². The summed E-state index contributed by atoms with van der Waals surface area (Å²) in [7, 11) is 1.57. The Bertz CT molecular complexity index is 589. The quantitative estimate of drug-likeness (QED) is 0.849. The third-order valence-corrected chi connectivity index (χ3v) is 3.38. The average Bonchev–Trinajstić information content (AvgIpc) is 2.42. The highest BCUT2D eigenvalue weighted by Gasteiger charge is 2.27. The molecule has 1 aromatic carbocycles. The number of halogens is 3. The van der Waals surface area contributed by atoms with E-state index < -0.39 is 5.51 Å². The average molecular weight is 302 g/mol. The fraction of sp³-hybridized carbons (Fsp3) is 0.308. The van der Waals surface area contributed by atoms with E-state index in [9.17, 15) is 13.2 Å². The van der Waals surface area contributed by atoms with Crippen LogP contribution in [-0.4, -0.2) is 29.9 Å². The number of hydrogen-bond donors (Lipinski definition) is 1. The smallest absolute Gasteiger partial charge is 0.441 e. The van der Waals surface area contributed by atoms with Crippen molar-refractivity contribution in [1.29, 1.82) is 0 Å². The molecule has 20 heavy (non-hydrogen) atoms. The summed E-state index contributed by atoms with van der Waals surface area (Å²) in [6.07, 6.45) is 1.60. The lowest BCUT2D eigenvalue weighted by Gasteiger charge is -2.11. The van der Waals surface area contributed by atoms with Crippen LogP contribution in [0.25, 0.3) is 10.8 Å². The van der Waals surface area contributed by atoms with Crippen molar-refractivity contribution in [3.63, 3.8) is 0 Å². The number of alkyl halides is 3. The predicted molar refractivity (Wildman–Crippen MR) is 75.3 cm³/mol. The van der Waals surface area contributed by atoms with Crippen molar-refractivity contribution in [2.45, 2.75) is 5.51 Å². The molecule has 0 fully saturated rings. The maximum Gasteiger partial charge on any atom is 0.441 e. The van der Waals surface area contributed by atoms with Crippen molar-refractivity contribution in [3.8, 4) is 5.75 Å². The number of rotatable bonds is 5. The van der Waals surface area contributed by atoms with Gasteiger partial charge in [0.05, 0.1) is 7.11 Å². The topological polar surface area (TPSA) is 34.1 Å². The second-order valence-corrected chi connectivity index (χ2v) is 5.10. The van der Waals surface area contributed by atoms with Gasteiger partial charge in [-0.1, -0.05) is 12.1 Å². The SMILES string of the molecule is COc1cccc2c(NCCSC(F)(F)F)nccc12. The van der Waals surface area contributed by atoms with E-state index in [1.807, 2.05) is 24.3 Å². The minimum Gasteiger partial charge on any atom is -0.496 e. The van der Waals surface area contributed by atoms with Crippen molar-refractivity contribution in [2.24, 2.45) is 0 Å². The van der Waals surface area contributed by atoms with Gasteiger partial charge >= 0.3 is 5.51 Å². The zero-order chi connectivity index (χ0) is 14.6. The van der Waals surface area contributed by atoms with Gasteiger partial charge in [0.25, 0.3) is 0 Å². The van der Waals surface area contributed by atoms with Gasteiger partial charge in [-0.25, -0.2) is 4.98 Å². The normalized spacial score (nSPS) is 11.6. The monoisotopic (exact) mass is 302 g/mol. The van der Waals surface area contributed by atoms with E-state index in [0.29, 0.717) is 11.6 Å². The number of methoxy groups -OCH3 is 1. The molecule has 0 saturated heterocycles. The van der Waals surface area contributed by atoms with Crippen molar-refractivity contribution >= 4 is 28.4 Å². The molecule has 7 heteroatoms. The van der Waals surface area contributed by atoms with Crippen LogP contribution in [0, 0.1) is 0 Å². The molecule has 1 aromatic heterocycles. The Morgan fingerprint density at radius 1 is 1.25 bits per heavy atom. The number of pyridine rings is 1. The lowest BCUT2D eigenvalue weighted by Crippen LogP contribution is -2.10. The Morgan fingerprint density at radius 3 is 2.75 bits per heavy atom. The number of nitrogens with zero attached hydrogens (tertiary/aromatic N) is 1. The highest BCUT2D eigenvalue weighted by atomic mass is 32.2. The molecule has 0 aliphatic carbocycles. The third-order valence-electron chi connectivity index (χ3n) is 2.65. The minimum atomic E-state index is -4.20. The molecule has 108 valence electrons. The molecule has 0 bridgehead atoms. The van der Waals surface area contributed by atoms with Crippen LogP contribution in [0.2, 0.25) is 0 Å². The number of hydrogen-bond acceptors (Lipinski definition) is 4. The standard InChI is InChI=1S/C13H13F3N2OS/c1-19-11-4-2-3-10-9(11)5-6-17-12(10)18-7-8-20-13(14,15)16/h2-6H,7-8H2,1H3,(H,17,18). The fourth-order valence-corrected chi connectivity index (χ4v) is 2.27. The van der Waals surface area contributed by atoms with E-state index >= 15 is 0 Å². The van der Waals surface area contributed by atoms with Gasteiger partial charge in [0.15, 0.2) is 0 Å². The lowest BCUT2D eigenvalue weighted by molar-refractivity contribution is -0.0327. The van der Waals surface area contributed by atoms with Gasteiger partial charge in [-0.2, -0.15) is 13.2 Å². The van der Waals surface area contributed by atoms with E-state index in [1.54, 1.807) is 13.3 Å². The molecular weight excluding hydrogens is 289 g/mol. The Kier molecular flexibility index (Phi) is 4.59. The van der Waals surface area contributed by atoms with Crippen LogP contribution in [0.15, 0.2) is 30.5 Å². The van der Waals surface area contributed by atoms with Gasteiger partial charge in [-0.15, -0.1) is 0 Å². The molecule has 0 atom stereocenters. The van der Waals surface area contributed by atoms with Crippen LogP contribution >= 0.6 is 11.8 Å². The third kappa shape index (κ3) is 3.69. The first-order chi connectivity index (χ1) is 9.51. The van der Waals surface area contributed by atoms with E-state index in [1.165, 1.54) is 0 Å². The van der Waals surface area contributed by atoms with Crippen molar-refractivity contribution in [1.82, 2.24) is 4.98 Å². The number of ether oxygens (including phenoxy) is 1. The van der Waals surface area contributed by atoms with Gasteiger partial charge in [0.1, 0.15) is 11.6 Å². The summed E-state index contributed by atoms with van der Waals surface area (Å²) in [5.41, 5.74) is -4.20. The summed E-state index contributed by atoms with van der Waals surface area (Å²) in [6.45, 7) is 0.188. The summed E-state index contributed by atoms with van der Waals surface area (Å²) in [4.78, 5) is 4.16. The number of anilines is 1. The van der Waals surface area contributed by atoms with E-state index in [-0.39, 0.29) is 24.1 Å². The lowest BCUT2D eigenvalue weighted by atomic mass is 10.1. The minimum absolute atomic E-state index is 0.0491. The molecule has 0 radical (unpaired) electrons. The zero-order valence-electron chi connectivity index (χ0n) is 10.7. The molecule has 2 rings (SSSR count). The first kappa shape index (κ1) is 14.8. The van der Waals surface area contributed by atoms with Crippen LogP contribution in [0.4, 0.5) is 19.0 Å². The fourth-order valence-electron chi connectivity index (χ4n) is 1.83. The van der Waals surface area contributed by atoms with Crippen LogP contribution in [0.1, 0.15) is 0 Å². The molecule has 0 aliphatic heterocycles. The Hall–Kier alpha value is -1.63. The molecule has 0 unspecified atom stereocenters. The first-order valence-electron chi connectivity index (χ1n) is 5.87. The van der Waals surface area contributed by atoms with Crippen molar-refractivity contribution in [2.75, 3.05) is 24.7 Å². The Balaban J connectivity index is 2.11. The summed E-state index contributed by atoms with van der Waals surface area (Å²) in [5, 5.41) is 4.62. The molecule has 0 spiro atoms. The van der Waals surface area contributed by atoms with Gasteiger partial charge in [-0.3, -0.25) is 0 Å². The number of aromatic nitrogens is 1. The number of thioether (sulfide) groups is 1. The van der Waals surface area contributed by atoms with Gasteiger partial charge in [0.2, 0.25) is 0 Å². The van der Waals surface area contributed by atoms with Crippen molar-refractivity contribution in [3.05, 3.63) is 30.5 Å². The second-order valence-electron chi connectivity index (χ2n) is 3.94. The second kappa shape index (κ2) is 6.21. The largest absolute Gasteiger partial charge is 0.496 e. The van der Waals surface area contributed by atoms with Gasteiger partial charge < -0.3 is 10.1 Å². The van der Waals surface area contributed by atoms with E-state index in [0.717, 1.165) is 10.8 Å². The number of nitrogens with one attached hydrogen (secondary N) is 1. The Morgan fingerprint density at radius 2 is 2.05 bits per heavy atom. The van der Waals surface area contributed by atoms with Crippen molar-refractivity contribution < 1.29 is 17.9 Å².